The highest BCUT2D eigenvalue weighted by Gasteiger charge is 2.23. The molecule has 3 aromatic rings. The van der Waals surface area contributed by atoms with Crippen molar-refractivity contribution in [3.8, 4) is 6.07 Å². The minimum atomic E-state index is -0.586. The normalized spacial score (nSPS) is 13.9. The van der Waals surface area contributed by atoms with E-state index in [9.17, 15) is 9.18 Å². The van der Waals surface area contributed by atoms with E-state index in [1.165, 1.54) is 24.4 Å². The predicted octanol–water partition coefficient (Wildman–Crippen LogP) is 3.88. The molecule has 1 aliphatic heterocycles. The SMILES string of the molecule is Cc1ccc2c(Nc3ccc(F)c(C#N)c3)c(C(=O)N3CCSCC3)cnc2n1. The molecule has 1 aliphatic rings. The largest absolute Gasteiger partial charge is 0.354 e. The maximum atomic E-state index is 13.7. The number of nitriles is 1. The number of pyridine rings is 2. The van der Waals surface area contributed by atoms with Gasteiger partial charge in [-0.05, 0) is 37.3 Å². The van der Waals surface area contributed by atoms with Crippen LogP contribution in [0, 0.1) is 24.1 Å². The molecular formula is C21H18FN5OS. The average molecular weight is 407 g/mol. The van der Waals surface area contributed by atoms with Crippen molar-refractivity contribution in [2.24, 2.45) is 0 Å². The van der Waals surface area contributed by atoms with E-state index in [1.807, 2.05) is 41.8 Å². The van der Waals surface area contributed by atoms with Crippen LogP contribution < -0.4 is 5.32 Å². The smallest absolute Gasteiger partial charge is 0.257 e. The summed E-state index contributed by atoms with van der Waals surface area (Å²) in [7, 11) is 0. The predicted molar refractivity (Wildman–Crippen MR) is 112 cm³/mol. The third kappa shape index (κ3) is 3.87. The minimum Gasteiger partial charge on any atom is -0.354 e. The number of fused-ring (bicyclic) bond motifs is 1. The highest BCUT2D eigenvalue weighted by Crippen LogP contribution is 2.30. The van der Waals surface area contributed by atoms with Crippen LogP contribution in [0.15, 0.2) is 36.5 Å². The first-order valence-corrected chi connectivity index (χ1v) is 10.3. The number of carbonyl (C=O) groups excluding carboxylic acids is 1. The summed E-state index contributed by atoms with van der Waals surface area (Å²) in [5, 5.41) is 13.0. The number of hydrogen-bond acceptors (Lipinski definition) is 6. The quantitative estimate of drug-likeness (QED) is 0.710. The molecule has 1 amide bonds. The summed E-state index contributed by atoms with van der Waals surface area (Å²) in [6, 6.07) is 9.75. The van der Waals surface area contributed by atoms with E-state index in [-0.39, 0.29) is 11.5 Å². The number of rotatable bonds is 3. The van der Waals surface area contributed by atoms with Gasteiger partial charge in [0.25, 0.3) is 5.91 Å². The third-order valence-electron chi connectivity index (χ3n) is 4.75. The summed E-state index contributed by atoms with van der Waals surface area (Å²) in [5.41, 5.74) is 2.76. The van der Waals surface area contributed by atoms with Crippen molar-refractivity contribution in [3.63, 3.8) is 0 Å². The van der Waals surface area contributed by atoms with Crippen molar-refractivity contribution >= 4 is 40.1 Å². The highest BCUT2D eigenvalue weighted by molar-refractivity contribution is 7.99. The van der Waals surface area contributed by atoms with Crippen LogP contribution in [0.3, 0.4) is 0 Å². The lowest BCUT2D eigenvalue weighted by atomic mass is 10.1. The number of benzene rings is 1. The Hall–Kier alpha value is -3.18. The van der Waals surface area contributed by atoms with Gasteiger partial charge in [0, 0.05) is 47.6 Å². The molecule has 0 aliphatic carbocycles. The van der Waals surface area contributed by atoms with Gasteiger partial charge in [-0.1, -0.05) is 0 Å². The second kappa shape index (κ2) is 8.05. The van der Waals surface area contributed by atoms with Crippen LogP contribution in [-0.4, -0.2) is 45.4 Å². The molecule has 29 heavy (non-hydrogen) atoms. The van der Waals surface area contributed by atoms with Gasteiger partial charge < -0.3 is 10.2 Å². The molecule has 0 unspecified atom stereocenters. The Morgan fingerprint density at radius 1 is 1.28 bits per heavy atom. The molecule has 6 nitrogen and oxygen atoms in total. The van der Waals surface area contributed by atoms with Crippen LogP contribution in [0.1, 0.15) is 21.6 Å². The number of hydrogen-bond donors (Lipinski definition) is 1. The Morgan fingerprint density at radius 3 is 2.83 bits per heavy atom. The van der Waals surface area contributed by atoms with E-state index in [4.69, 9.17) is 5.26 Å². The van der Waals surface area contributed by atoms with Crippen molar-refractivity contribution in [2.45, 2.75) is 6.92 Å². The molecule has 0 saturated carbocycles. The first-order valence-electron chi connectivity index (χ1n) is 9.17. The van der Waals surface area contributed by atoms with Crippen molar-refractivity contribution in [1.29, 1.82) is 5.26 Å². The molecular weight excluding hydrogens is 389 g/mol. The van der Waals surface area contributed by atoms with Gasteiger partial charge in [-0.25, -0.2) is 14.4 Å². The van der Waals surface area contributed by atoms with Crippen LogP contribution in [0.4, 0.5) is 15.8 Å². The van der Waals surface area contributed by atoms with Gasteiger partial charge in [0.05, 0.1) is 16.8 Å². The topological polar surface area (TPSA) is 81.9 Å². The summed E-state index contributed by atoms with van der Waals surface area (Å²) in [5.74, 6) is 1.11. The second-order valence-electron chi connectivity index (χ2n) is 6.71. The molecule has 0 spiro atoms. The van der Waals surface area contributed by atoms with Crippen molar-refractivity contribution in [1.82, 2.24) is 14.9 Å². The number of amides is 1. The van der Waals surface area contributed by atoms with Gasteiger partial charge >= 0.3 is 0 Å². The molecule has 1 saturated heterocycles. The molecule has 1 fully saturated rings. The van der Waals surface area contributed by atoms with E-state index >= 15 is 0 Å². The number of aryl methyl sites for hydroxylation is 1. The summed E-state index contributed by atoms with van der Waals surface area (Å²) in [6.45, 7) is 3.24. The Morgan fingerprint density at radius 2 is 2.07 bits per heavy atom. The molecule has 2 aromatic heterocycles. The van der Waals surface area contributed by atoms with Crippen LogP contribution in [0.25, 0.3) is 11.0 Å². The summed E-state index contributed by atoms with van der Waals surface area (Å²) in [4.78, 5) is 23.9. The zero-order valence-corrected chi connectivity index (χ0v) is 16.6. The summed E-state index contributed by atoms with van der Waals surface area (Å²) >= 11 is 1.83. The Balaban J connectivity index is 1.82. The van der Waals surface area contributed by atoms with Gasteiger partial charge in [-0.15, -0.1) is 0 Å². The Bertz CT molecular complexity index is 1140. The lowest BCUT2D eigenvalue weighted by molar-refractivity contribution is 0.0773. The molecule has 8 heteroatoms. The zero-order valence-electron chi connectivity index (χ0n) is 15.8. The number of anilines is 2. The highest BCUT2D eigenvalue weighted by atomic mass is 32.2. The molecule has 0 bridgehead atoms. The first-order chi connectivity index (χ1) is 14.1. The van der Waals surface area contributed by atoms with Crippen LogP contribution in [-0.2, 0) is 0 Å². The molecule has 0 atom stereocenters. The van der Waals surface area contributed by atoms with E-state index < -0.39 is 5.82 Å². The summed E-state index contributed by atoms with van der Waals surface area (Å²) in [6.07, 6.45) is 1.54. The number of aromatic nitrogens is 2. The maximum Gasteiger partial charge on any atom is 0.257 e. The molecule has 1 aromatic carbocycles. The van der Waals surface area contributed by atoms with Crippen molar-refractivity contribution in [3.05, 3.63) is 59.2 Å². The minimum absolute atomic E-state index is 0.0664. The summed E-state index contributed by atoms with van der Waals surface area (Å²) < 4.78 is 13.7. The lowest BCUT2D eigenvalue weighted by Gasteiger charge is -2.27. The zero-order chi connectivity index (χ0) is 20.4. The van der Waals surface area contributed by atoms with Crippen LogP contribution in [0.5, 0.6) is 0 Å². The van der Waals surface area contributed by atoms with Crippen LogP contribution >= 0.6 is 11.8 Å². The second-order valence-corrected chi connectivity index (χ2v) is 7.93. The number of halogens is 1. The van der Waals surface area contributed by atoms with Crippen molar-refractivity contribution < 1.29 is 9.18 Å². The number of nitrogens with one attached hydrogen (secondary N) is 1. The third-order valence-corrected chi connectivity index (χ3v) is 5.70. The van der Waals surface area contributed by atoms with Gasteiger partial charge in [-0.2, -0.15) is 17.0 Å². The van der Waals surface area contributed by atoms with Gasteiger partial charge in [-0.3, -0.25) is 4.79 Å². The molecule has 4 rings (SSSR count). The lowest BCUT2D eigenvalue weighted by Crippen LogP contribution is -2.38. The van der Waals surface area contributed by atoms with Crippen LogP contribution in [0.2, 0.25) is 0 Å². The number of thioether (sulfide) groups is 1. The van der Waals surface area contributed by atoms with Gasteiger partial charge in [0.2, 0.25) is 0 Å². The van der Waals surface area contributed by atoms with Gasteiger partial charge in [0.1, 0.15) is 11.9 Å². The molecule has 3 heterocycles. The fraction of sp³-hybridized carbons (Fsp3) is 0.238. The van der Waals surface area contributed by atoms with E-state index in [0.717, 1.165) is 17.2 Å². The van der Waals surface area contributed by atoms with E-state index in [1.54, 1.807) is 0 Å². The first kappa shape index (κ1) is 19.2. The maximum absolute atomic E-state index is 13.7. The molecule has 1 N–H and O–H groups in total. The molecule has 0 radical (unpaired) electrons. The number of carbonyl (C=O) groups is 1. The van der Waals surface area contributed by atoms with Crippen molar-refractivity contribution in [2.75, 3.05) is 29.9 Å². The Labute approximate surface area is 171 Å². The number of nitrogens with zero attached hydrogens (tertiary/aromatic N) is 4. The Kier molecular flexibility index (Phi) is 5.32. The standard InChI is InChI=1S/C21H18FN5OS/c1-13-2-4-16-19(26-15-3-5-18(22)14(10-15)11-23)17(12-24-20(16)25-13)21(28)27-6-8-29-9-7-27/h2-5,10,12H,6-9H2,1H3,(H,24,25,26). The monoisotopic (exact) mass is 407 g/mol. The average Bonchev–Trinajstić information content (AvgIpc) is 2.75. The van der Waals surface area contributed by atoms with E-state index in [2.05, 4.69) is 15.3 Å². The fourth-order valence-corrected chi connectivity index (χ4v) is 4.14. The van der Waals surface area contributed by atoms with Gasteiger partial charge in [0.15, 0.2) is 5.65 Å². The molecule has 146 valence electrons. The van der Waals surface area contributed by atoms with E-state index in [0.29, 0.717) is 41.1 Å². The fourth-order valence-electron chi connectivity index (χ4n) is 3.24.